The third kappa shape index (κ3) is 4.00. The Hall–Kier alpha value is -1.03. The van der Waals surface area contributed by atoms with E-state index in [0.717, 1.165) is 15.9 Å². The minimum absolute atomic E-state index is 0.257. The van der Waals surface area contributed by atoms with Gasteiger partial charge in [-0.25, -0.2) is 0 Å². The number of hydrogen-bond donors (Lipinski definition) is 1. The minimum atomic E-state index is 0.257. The lowest BCUT2D eigenvalue weighted by molar-refractivity contribution is 0.734. The molecule has 1 atom stereocenters. The van der Waals surface area contributed by atoms with Crippen LogP contribution in [0.25, 0.3) is 0 Å². The zero-order valence-electron chi connectivity index (χ0n) is 12.3. The fraction of sp³-hybridized carbons (Fsp3) is 0.294. The largest absolute Gasteiger partial charge is 0.368 e. The third-order valence-corrected chi connectivity index (χ3v) is 4.52. The average Bonchev–Trinajstić information content (AvgIpc) is 2.48. The standard InChI is InChI=1S/C17H20BrClN2/c1-12(13-4-7-16(19)8-5-13)21(2)17-11-15(18)6-3-14(17)9-10-20/h3-8,11-12H,9-10,20H2,1-2H3. The van der Waals surface area contributed by atoms with Crippen LogP contribution in [-0.2, 0) is 6.42 Å². The van der Waals surface area contributed by atoms with Crippen LogP contribution in [0.2, 0.25) is 5.02 Å². The maximum absolute atomic E-state index is 5.97. The van der Waals surface area contributed by atoms with Gasteiger partial charge in [0.25, 0.3) is 0 Å². The van der Waals surface area contributed by atoms with Gasteiger partial charge < -0.3 is 10.6 Å². The Morgan fingerprint density at radius 1 is 1.19 bits per heavy atom. The van der Waals surface area contributed by atoms with Gasteiger partial charge in [-0.3, -0.25) is 0 Å². The first-order chi connectivity index (χ1) is 10.0. The Kier molecular flexibility index (Phi) is 5.68. The summed E-state index contributed by atoms with van der Waals surface area (Å²) in [4.78, 5) is 2.28. The summed E-state index contributed by atoms with van der Waals surface area (Å²) in [6.45, 7) is 2.84. The van der Waals surface area contributed by atoms with E-state index in [0.29, 0.717) is 6.54 Å². The molecule has 0 radical (unpaired) electrons. The molecule has 2 aromatic carbocycles. The highest BCUT2D eigenvalue weighted by Gasteiger charge is 2.15. The molecular weight excluding hydrogens is 348 g/mol. The van der Waals surface area contributed by atoms with E-state index in [1.165, 1.54) is 16.8 Å². The summed E-state index contributed by atoms with van der Waals surface area (Å²) in [5, 5.41) is 0.764. The molecule has 0 fully saturated rings. The van der Waals surface area contributed by atoms with Crippen LogP contribution in [0.5, 0.6) is 0 Å². The highest BCUT2D eigenvalue weighted by molar-refractivity contribution is 9.10. The molecule has 0 saturated carbocycles. The molecule has 2 N–H and O–H groups in total. The smallest absolute Gasteiger partial charge is 0.0511 e. The highest BCUT2D eigenvalue weighted by Crippen LogP contribution is 2.31. The van der Waals surface area contributed by atoms with Crippen LogP contribution in [-0.4, -0.2) is 13.6 Å². The van der Waals surface area contributed by atoms with Crippen molar-refractivity contribution in [2.75, 3.05) is 18.5 Å². The quantitative estimate of drug-likeness (QED) is 0.822. The average molecular weight is 368 g/mol. The Balaban J connectivity index is 2.32. The first-order valence-electron chi connectivity index (χ1n) is 6.99. The van der Waals surface area contributed by atoms with Gasteiger partial charge in [0.1, 0.15) is 0 Å². The number of rotatable bonds is 5. The van der Waals surface area contributed by atoms with Gasteiger partial charge in [-0.1, -0.05) is 45.7 Å². The number of nitrogens with zero attached hydrogens (tertiary/aromatic N) is 1. The first kappa shape index (κ1) is 16.3. The molecule has 1 unspecified atom stereocenters. The monoisotopic (exact) mass is 366 g/mol. The summed E-state index contributed by atoms with van der Waals surface area (Å²) in [6, 6.07) is 14.6. The molecular formula is C17H20BrClN2. The lowest BCUT2D eigenvalue weighted by atomic mass is 10.0. The van der Waals surface area contributed by atoms with E-state index in [-0.39, 0.29) is 6.04 Å². The molecule has 2 aromatic rings. The first-order valence-corrected chi connectivity index (χ1v) is 8.17. The van der Waals surface area contributed by atoms with E-state index in [4.69, 9.17) is 17.3 Å². The second-order valence-electron chi connectivity index (χ2n) is 5.15. The van der Waals surface area contributed by atoms with Gasteiger partial charge in [-0.05, 0) is 55.3 Å². The summed E-state index contributed by atoms with van der Waals surface area (Å²) in [6.07, 6.45) is 0.875. The molecule has 0 heterocycles. The van der Waals surface area contributed by atoms with E-state index < -0.39 is 0 Å². The summed E-state index contributed by atoms with van der Waals surface area (Å²) in [7, 11) is 2.11. The summed E-state index contributed by atoms with van der Waals surface area (Å²) in [5.41, 5.74) is 9.44. The van der Waals surface area contributed by atoms with Gasteiger partial charge in [0, 0.05) is 22.2 Å². The van der Waals surface area contributed by atoms with Crippen molar-refractivity contribution >= 4 is 33.2 Å². The Bertz CT molecular complexity index is 598. The van der Waals surface area contributed by atoms with Crippen LogP contribution in [0.15, 0.2) is 46.9 Å². The number of anilines is 1. The molecule has 21 heavy (non-hydrogen) atoms. The Morgan fingerprint density at radius 3 is 2.48 bits per heavy atom. The van der Waals surface area contributed by atoms with Gasteiger partial charge in [0.05, 0.1) is 6.04 Å². The highest BCUT2D eigenvalue weighted by atomic mass is 79.9. The zero-order chi connectivity index (χ0) is 15.4. The maximum Gasteiger partial charge on any atom is 0.0511 e. The molecule has 112 valence electrons. The molecule has 2 rings (SSSR count). The van der Waals surface area contributed by atoms with Gasteiger partial charge in [0.2, 0.25) is 0 Å². The molecule has 0 aliphatic carbocycles. The molecule has 4 heteroatoms. The SMILES string of the molecule is CC(c1ccc(Cl)cc1)N(C)c1cc(Br)ccc1CCN. The van der Waals surface area contributed by atoms with Gasteiger partial charge >= 0.3 is 0 Å². The van der Waals surface area contributed by atoms with E-state index in [2.05, 4.69) is 65.1 Å². The van der Waals surface area contributed by atoms with E-state index >= 15 is 0 Å². The van der Waals surface area contributed by atoms with Crippen LogP contribution in [0, 0.1) is 0 Å². The fourth-order valence-corrected chi connectivity index (χ4v) is 2.88. The summed E-state index contributed by atoms with van der Waals surface area (Å²) < 4.78 is 1.08. The van der Waals surface area contributed by atoms with Crippen molar-refractivity contribution in [3.8, 4) is 0 Å². The van der Waals surface area contributed by atoms with Crippen molar-refractivity contribution in [1.82, 2.24) is 0 Å². The second kappa shape index (κ2) is 7.30. The molecule has 0 saturated heterocycles. The van der Waals surface area contributed by atoms with Gasteiger partial charge in [-0.2, -0.15) is 0 Å². The number of halogens is 2. The lowest BCUT2D eigenvalue weighted by Gasteiger charge is -2.29. The van der Waals surface area contributed by atoms with Crippen LogP contribution in [0.3, 0.4) is 0 Å². The third-order valence-electron chi connectivity index (χ3n) is 3.77. The summed E-state index contributed by atoms with van der Waals surface area (Å²) >= 11 is 9.52. The van der Waals surface area contributed by atoms with Crippen molar-refractivity contribution in [3.05, 3.63) is 63.1 Å². The van der Waals surface area contributed by atoms with Crippen molar-refractivity contribution in [2.45, 2.75) is 19.4 Å². The van der Waals surface area contributed by atoms with Crippen molar-refractivity contribution in [2.24, 2.45) is 5.73 Å². The number of hydrogen-bond acceptors (Lipinski definition) is 2. The lowest BCUT2D eigenvalue weighted by Crippen LogP contribution is -2.23. The van der Waals surface area contributed by atoms with E-state index in [9.17, 15) is 0 Å². The predicted molar refractivity (Wildman–Crippen MR) is 95.2 cm³/mol. The van der Waals surface area contributed by atoms with Crippen LogP contribution < -0.4 is 10.6 Å². The van der Waals surface area contributed by atoms with Crippen LogP contribution in [0.4, 0.5) is 5.69 Å². The molecule has 0 aliphatic heterocycles. The molecule has 0 spiro atoms. The van der Waals surface area contributed by atoms with E-state index in [1.54, 1.807) is 0 Å². The maximum atomic E-state index is 5.97. The van der Waals surface area contributed by atoms with Gasteiger partial charge in [0.15, 0.2) is 0 Å². The zero-order valence-corrected chi connectivity index (χ0v) is 14.7. The van der Waals surface area contributed by atoms with Gasteiger partial charge in [-0.15, -0.1) is 0 Å². The minimum Gasteiger partial charge on any atom is -0.368 e. The van der Waals surface area contributed by atoms with Crippen molar-refractivity contribution < 1.29 is 0 Å². The number of benzene rings is 2. The topological polar surface area (TPSA) is 29.3 Å². The Labute approximate surface area is 140 Å². The van der Waals surface area contributed by atoms with Crippen molar-refractivity contribution in [1.29, 1.82) is 0 Å². The fourth-order valence-electron chi connectivity index (χ4n) is 2.41. The Morgan fingerprint density at radius 2 is 1.86 bits per heavy atom. The molecule has 0 aromatic heterocycles. The summed E-state index contributed by atoms with van der Waals surface area (Å²) in [5.74, 6) is 0. The van der Waals surface area contributed by atoms with Crippen LogP contribution in [0.1, 0.15) is 24.1 Å². The molecule has 2 nitrogen and oxygen atoms in total. The second-order valence-corrected chi connectivity index (χ2v) is 6.50. The molecule has 0 bridgehead atoms. The van der Waals surface area contributed by atoms with Crippen molar-refractivity contribution in [3.63, 3.8) is 0 Å². The predicted octanol–water partition coefficient (Wildman–Crippen LogP) is 4.80. The number of nitrogens with two attached hydrogens (primary N) is 1. The van der Waals surface area contributed by atoms with Crippen LogP contribution >= 0.6 is 27.5 Å². The molecule has 0 amide bonds. The normalized spacial score (nSPS) is 12.2. The molecule has 0 aliphatic rings. The van der Waals surface area contributed by atoms with E-state index in [1.807, 2.05) is 12.1 Å².